The maximum Gasteiger partial charge on any atom is 0.306 e. The number of hydrogen-bond acceptors (Lipinski definition) is 3. The Labute approximate surface area is 101 Å². The smallest absolute Gasteiger partial charge is 0.299 e. The summed E-state index contributed by atoms with van der Waals surface area (Å²) < 4.78 is 0. The fourth-order valence-corrected chi connectivity index (χ4v) is 1.57. The quantitative estimate of drug-likeness (QED) is 0.378. The Morgan fingerprint density at radius 3 is 2.24 bits per heavy atom. The minimum atomic E-state index is -0.409. The van der Waals surface area contributed by atoms with Gasteiger partial charge in [0.2, 0.25) is 0 Å². The van der Waals surface area contributed by atoms with Crippen molar-refractivity contribution in [3.8, 4) is 11.8 Å². The lowest BCUT2D eigenvalue weighted by Crippen LogP contribution is -2.31. The van der Waals surface area contributed by atoms with Crippen molar-refractivity contribution in [2.75, 3.05) is 6.54 Å². The second kappa shape index (κ2) is 6.19. The van der Waals surface area contributed by atoms with E-state index in [2.05, 4.69) is 11.8 Å². The molecule has 0 fully saturated rings. The Morgan fingerprint density at radius 1 is 1.12 bits per heavy atom. The lowest BCUT2D eigenvalue weighted by Gasteiger charge is -2.11. The zero-order chi connectivity index (χ0) is 12.8. The Bertz CT molecular complexity index is 367. The van der Waals surface area contributed by atoms with E-state index in [0.717, 1.165) is 24.2 Å². The lowest BCUT2D eigenvalue weighted by molar-refractivity contribution is -0.136. The second-order valence-electron chi connectivity index (χ2n) is 4.44. The van der Waals surface area contributed by atoms with E-state index in [9.17, 15) is 14.4 Å². The lowest BCUT2D eigenvalue weighted by atomic mass is 10.0. The summed E-state index contributed by atoms with van der Waals surface area (Å²) in [6.07, 6.45) is 2.96. The normalized spacial score (nSPS) is 14.2. The molecule has 92 valence electrons. The summed E-state index contributed by atoms with van der Waals surface area (Å²) >= 11 is 0. The van der Waals surface area contributed by atoms with E-state index in [0.29, 0.717) is 13.0 Å². The average Bonchev–Trinajstić information content (AvgIpc) is 2.59. The van der Waals surface area contributed by atoms with Crippen molar-refractivity contribution < 1.29 is 14.4 Å². The Balaban J connectivity index is 2.11. The molecule has 1 rings (SSSR count). The van der Waals surface area contributed by atoms with Crippen LogP contribution in [0.1, 0.15) is 39.5 Å². The Morgan fingerprint density at radius 2 is 1.71 bits per heavy atom. The van der Waals surface area contributed by atoms with Gasteiger partial charge in [-0.05, 0) is 12.8 Å². The zero-order valence-electron chi connectivity index (χ0n) is 10.3. The molecule has 0 spiro atoms. The van der Waals surface area contributed by atoms with Crippen LogP contribution >= 0.6 is 0 Å². The highest BCUT2D eigenvalue weighted by Crippen LogP contribution is 2.08. The third kappa shape index (κ3) is 4.03. The fraction of sp³-hybridized carbons (Fsp3) is 0.615. The minimum Gasteiger partial charge on any atom is -0.299 e. The monoisotopic (exact) mass is 235 g/mol. The summed E-state index contributed by atoms with van der Waals surface area (Å²) in [5, 5.41) is 0. The number of imide groups is 1. The first kappa shape index (κ1) is 13.4. The number of nitrogens with zero attached hydrogens (tertiary/aromatic N) is 1. The number of carbonyl (C=O) groups excluding carboxylic acids is 3. The SMILES string of the molecule is CC(C)C(=O)CCCCCN1C(=O)C#CC1=O. The number of unbranched alkanes of at least 4 members (excludes halogenated alkanes) is 2. The molecule has 0 aliphatic carbocycles. The summed E-state index contributed by atoms with van der Waals surface area (Å²) in [6, 6.07) is 0. The number of hydrogen-bond donors (Lipinski definition) is 0. The van der Waals surface area contributed by atoms with Crippen molar-refractivity contribution >= 4 is 17.6 Å². The third-order valence-corrected chi connectivity index (χ3v) is 2.72. The topological polar surface area (TPSA) is 54.5 Å². The number of ketones is 1. The minimum absolute atomic E-state index is 0.0881. The van der Waals surface area contributed by atoms with Gasteiger partial charge in [0.15, 0.2) is 0 Å². The van der Waals surface area contributed by atoms with Crippen LogP contribution in [0.15, 0.2) is 0 Å². The standard InChI is InChI=1S/C13H17NO3/c1-10(2)11(15)6-4-3-5-9-14-12(16)7-8-13(14)17/h10H,3-6,9H2,1-2H3. The van der Waals surface area contributed by atoms with Crippen LogP contribution < -0.4 is 0 Å². The van der Waals surface area contributed by atoms with Gasteiger partial charge in [0.25, 0.3) is 0 Å². The summed E-state index contributed by atoms with van der Waals surface area (Å²) in [4.78, 5) is 34.7. The molecule has 0 aromatic rings. The first-order valence-corrected chi connectivity index (χ1v) is 5.92. The van der Waals surface area contributed by atoms with E-state index in [1.807, 2.05) is 13.8 Å². The molecule has 2 amide bonds. The summed E-state index contributed by atoms with van der Waals surface area (Å²) in [6.45, 7) is 4.18. The molecule has 1 heterocycles. The molecular weight excluding hydrogens is 218 g/mol. The molecule has 1 aliphatic heterocycles. The first-order valence-electron chi connectivity index (χ1n) is 5.92. The van der Waals surface area contributed by atoms with Crippen molar-refractivity contribution in [2.45, 2.75) is 39.5 Å². The second-order valence-corrected chi connectivity index (χ2v) is 4.44. The summed E-state index contributed by atoms with van der Waals surface area (Å²) in [7, 11) is 0. The van der Waals surface area contributed by atoms with Crippen molar-refractivity contribution in [3.63, 3.8) is 0 Å². The van der Waals surface area contributed by atoms with Crippen molar-refractivity contribution in [1.29, 1.82) is 0 Å². The average molecular weight is 235 g/mol. The van der Waals surface area contributed by atoms with Gasteiger partial charge in [-0.25, -0.2) is 0 Å². The van der Waals surface area contributed by atoms with E-state index < -0.39 is 11.8 Å². The molecule has 0 bridgehead atoms. The van der Waals surface area contributed by atoms with E-state index in [-0.39, 0.29) is 11.7 Å². The van der Waals surface area contributed by atoms with Crippen LogP contribution in [-0.2, 0) is 14.4 Å². The Hall–Kier alpha value is -1.63. The number of Topliss-reactive ketones (excluding diaryl/α,β-unsaturated/α-hetero) is 1. The van der Waals surface area contributed by atoms with Crippen molar-refractivity contribution in [2.24, 2.45) is 5.92 Å². The third-order valence-electron chi connectivity index (χ3n) is 2.72. The number of carbonyl (C=O) groups is 3. The molecule has 0 saturated heterocycles. The van der Waals surface area contributed by atoms with Crippen LogP contribution in [0, 0.1) is 17.8 Å². The highest BCUT2D eigenvalue weighted by molar-refractivity contribution is 6.18. The molecule has 0 saturated carbocycles. The molecule has 0 atom stereocenters. The number of amides is 2. The van der Waals surface area contributed by atoms with Gasteiger partial charge in [-0.3, -0.25) is 19.3 Å². The van der Waals surface area contributed by atoms with Crippen LogP contribution in [-0.4, -0.2) is 29.0 Å². The predicted octanol–water partition coefficient (Wildman–Crippen LogP) is 1.14. The molecule has 0 aromatic heterocycles. The summed E-state index contributed by atoms with van der Waals surface area (Å²) in [5.41, 5.74) is 0. The van der Waals surface area contributed by atoms with Crippen molar-refractivity contribution in [3.05, 3.63) is 0 Å². The van der Waals surface area contributed by atoms with Crippen LogP contribution in [0.5, 0.6) is 0 Å². The van der Waals surface area contributed by atoms with Gasteiger partial charge in [0.05, 0.1) is 0 Å². The summed E-state index contributed by atoms with van der Waals surface area (Å²) in [5.74, 6) is 3.99. The van der Waals surface area contributed by atoms with Crippen molar-refractivity contribution in [1.82, 2.24) is 4.90 Å². The van der Waals surface area contributed by atoms with Crippen LogP contribution in [0.2, 0.25) is 0 Å². The van der Waals surface area contributed by atoms with E-state index in [1.165, 1.54) is 0 Å². The molecule has 4 nitrogen and oxygen atoms in total. The Kier molecular flexibility index (Phi) is 4.89. The predicted molar refractivity (Wildman–Crippen MR) is 62.8 cm³/mol. The molecule has 0 aromatic carbocycles. The van der Waals surface area contributed by atoms with Gasteiger partial charge in [0, 0.05) is 30.7 Å². The maximum absolute atomic E-state index is 11.3. The highest BCUT2D eigenvalue weighted by Gasteiger charge is 2.22. The van der Waals surface area contributed by atoms with Crippen LogP contribution in [0.4, 0.5) is 0 Å². The van der Waals surface area contributed by atoms with E-state index in [1.54, 1.807) is 0 Å². The molecule has 17 heavy (non-hydrogen) atoms. The first-order chi connectivity index (χ1) is 8.02. The van der Waals surface area contributed by atoms with Crippen LogP contribution in [0.25, 0.3) is 0 Å². The van der Waals surface area contributed by atoms with Gasteiger partial charge in [-0.2, -0.15) is 0 Å². The highest BCUT2D eigenvalue weighted by atomic mass is 16.2. The molecule has 1 aliphatic rings. The number of rotatable bonds is 7. The molecule has 0 N–H and O–H groups in total. The largest absolute Gasteiger partial charge is 0.306 e. The van der Waals surface area contributed by atoms with Gasteiger partial charge in [-0.1, -0.05) is 20.3 Å². The molecule has 0 radical (unpaired) electrons. The maximum atomic E-state index is 11.3. The van der Waals surface area contributed by atoms with Gasteiger partial charge in [0.1, 0.15) is 5.78 Å². The molecule has 0 unspecified atom stereocenters. The van der Waals surface area contributed by atoms with E-state index >= 15 is 0 Å². The zero-order valence-corrected chi connectivity index (χ0v) is 10.3. The fourth-order valence-electron chi connectivity index (χ4n) is 1.57. The van der Waals surface area contributed by atoms with Crippen LogP contribution in [0.3, 0.4) is 0 Å². The molecule has 4 heteroatoms. The van der Waals surface area contributed by atoms with Gasteiger partial charge >= 0.3 is 11.8 Å². The van der Waals surface area contributed by atoms with Gasteiger partial charge in [-0.15, -0.1) is 0 Å². The van der Waals surface area contributed by atoms with Gasteiger partial charge < -0.3 is 0 Å². The van der Waals surface area contributed by atoms with E-state index in [4.69, 9.17) is 0 Å². The molecular formula is C13H17NO3.